The second-order valence-electron chi connectivity index (χ2n) is 5.54. The molecule has 0 spiro atoms. The maximum Gasteiger partial charge on any atom is 0.321 e. The van der Waals surface area contributed by atoms with E-state index in [-0.39, 0.29) is 19.1 Å². The van der Waals surface area contributed by atoms with Crippen molar-refractivity contribution in [2.24, 2.45) is 11.3 Å². The summed E-state index contributed by atoms with van der Waals surface area (Å²) in [7, 11) is 0. The van der Waals surface area contributed by atoms with Crippen LogP contribution in [0.3, 0.4) is 0 Å². The molecule has 106 valence electrons. The van der Waals surface area contributed by atoms with Crippen molar-refractivity contribution in [3.05, 3.63) is 0 Å². The minimum Gasteiger partial charge on any atom is -0.465 e. The van der Waals surface area contributed by atoms with Crippen molar-refractivity contribution in [1.82, 2.24) is 5.32 Å². The smallest absolute Gasteiger partial charge is 0.321 e. The third-order valence-corrected chi connectivity index (χ3v) is 3.20. The third kappa shape index (κ3) is 4.29. The van der Waals surface area contributed by atoms with Gasteiger partial charge in [0.25, 0.3) is 0 Å². The highest BCUT2D eigenvalue weighted by Crippen LogP contribution is 2.19. The van der Waals surface area contributed by atoms with Crippen LogP contribution >= 0.6 is 0 Å². The molecule has 0 aromatic carbocycles. The number of aliphatic hydroxyl groups is 1. The molecule has 0 radical (unpaired) electrons. The standard InChI is InChI=1S/C13H25NO4/c1-7-18-11(16)12(4,5)10(15)14-8-13(6,17)9(2)3/h9,17H,7-8H2,1-6H3,(H,14,15). The van der Waals surface area contributed by atoms with E-state index >= 15 is 0 Å². The number of nitrogens with one attached hydrogen (secondary N) is 1. The molecule has 0 aliphatic carbocycles. The van der Waals surface area contributed by atoms with Gasteiger partial charge in [0, 0.05) is 6.54 Å². The second-order valence-corrected chi connectivity index (χ2v) is 5.54. The van der Waals surface area contributed by atoms with Crippen molar-refractivity contribution in [2.75, 3.05) is 13.2 Å². The Hall–Kier alpha value is -1.10. The van der Waals surface area contributed by atoms with E-state index in [2.05, 4.69) is 5.32 Å². The average Bonchev–Trinajstić information content (AvgIpc) is 2.25. The molecule has 5 heteroatoms. The predicted octanol–water partition coefficient (Wildman–Crippen LogP) is 1.10. The first-order valence-electron chi connectivity index (χ1n) is 6.23. The maximum atomic E-state index is 11.9. The van der Waals surface area contributed by atoms with Gasteiger partial charge in [-0.3, -0.25) is 9.59 Å². The first-order valence-corrected chi connectivity index (χ1v) is 6.23. The second kappa shape index (κ2) is 6.18. The molecule has 0 aromatic heterocycles. The van der Waals surface area contributed by atoms with Crippen LogP contribution in [0.1, 0.15) is 41.5 Å². The van der Waals surface area contributed by atoms with E-state index in [9.17, 15) is 14.7 Å². The summed E-state index contributed by atoms with van der Waals surface area (Å²) in [6, 6.07) is 0. The molecule has 0 aliphatic rings. The fourth-order valence-electron chi connectivity index (χ4n) is 1.09. The molecule has 0 rings (SSSR count). The molecular formula is C13H25NO4. The predicted molar refractivity (Wildman–Crippen MR) is 68.9 cm³/mol. The molecule has 0 heterocycles. The Labute approximate surface area is 109 Å². The summed E-state index contributed by atoms with van der Waals surface area (Å²) in [5.41, 5.74) is -2.25. The van der Waals surface area contributed by atoms with E-state index in [0.29, 0.717) is 0 Å². The number of ether oxygens (including phenoxy) is 1. The zero-order valence-corrected chi connectivity index (χ0v) is 12.2. The molecule has 1 atom stereocenters. The molecular weight excluding hydrogens is 234 g/mol. The maximum absolute atomic E-state index is 11.9. The topological polar surface area (TPSA) is 75.6 Å². The average molecular weight is 259 g/mol. The fourth-order valence-corrected chi connectivity index (χ4v) is 1.09. The Morgan fingerprint density at radius 1 is 1.28 bits per heavy atom. The van der Waals surface area contributed by atoms with E-state index in [1.54, 1.807) is 13.8 Å². The quantitative estimate of drug-likeness (QED) is 0.553. The van der Waals surface area contributed by atoms with E-state index in [1.807, 2.05) is 13.8 Å². The van der Waals surface area contributed by atoms with Gasteiger partial charge < -0.3 is 15.2 Å². The van der Waals surface area contributed by atoms with Gasteiger partial charge in [-0.1, -0.05) is 13.8 Å². The van der Waals surface area contributed by atoms with Gasteiger partial charge in [-0.25, -0.2) is 0 Å². The lowest BCUT2D eigenvalue weighted by Crippen LogP contribution is -2.50. The van der Waals surface area contributed by atoms with Gasteiger partial charge in [0.05, 0.1) is 12.2 Å². The molecule has 1 unspecified atom stereocenters. The number of esters is 1. The Kier molecular flexibility index (Phi) is 5.80. The van der Waals surface area contributed by atoms with Crippen molar-refractivity contribution in [1.29, 1.82) is 0 Å². The number of hydrogen-bond acceptors (Lipinski definition) is 4. The van der Waals surface area contributed by atoms with Gasteiger partial charge >= 0.3 is 5.97 Å². The van der Waals surface area contributed by atoms with Crippen LogP contribution in [0.5, 0.6) is 0 Å². The number of carbonyl (C=O) groups excluding carboxylic acids is 2. The number of hydrogen-bond donors (Lipinski definition) is 2. The van der Waals surface area contributed by atoms with Crippen LogP contribution in [-0.2, 0) is 14.3 Å². The van der Waals surface area contributed by atoms with E-state index in [4.69, 9.17) is 4.74 Å². The summed E-state index contributed by atoms with van der Waals surface area (Å²) in [6.07, 6.45) is 0. The lowest BCUT2D eigenvalue weighted by Gasteiger charge is -2.30. The molecule has 18 heavy (non-hydrogen) atoms. The van der Waals surface area contributed by atoms with Gasteiger partial charge in [-0.2, -0.15) is 0 Å². The van der Waals surface area contributed by atoms with E-state index in [1.165, 1.54) is 13.8 Å². The lowest BCUT2D eigenvalue weighted by atomic mass is 9.90. The summed E-state index contributed by atoms with van der Waals surface area (Å²) in [6.45, 7) is 10.4. The summed E-state index contributed by atoms with van der Waals surface area (Å²) < 4.78 is 4.84. The fraction of sp³-hybridized carbons (Fsp3) is 0.846. The van der Waals surface area contributed by atoms with Crippen LogP contribution in [0.4, 0.5) is 0 Å². The summed E-state index contributed by atoms with van der Waals surface area (Å²) in [5, 5.41) is 12.6. The Bertz CT molecular complexity index is 308. The van der Waals surface area contributed by atoms with Gasteiger partial charge in [-0.15, -0.1) is 0 Å². The van der Waals surface area contributed by atoms with Crippen LogP contribution in [0, 0.1) is 11.3 Å². The summed E-state index contributed by atoms with van der Waals surface area (Å²) in [4.78, 5) is 23.5. The van der Waals surface area contributed by atoms with Gasteiger partial charge in [-0.05, 0) is 33.6 Å². The van der Waals surface area contributed by atoms with Crippen LogP contribution < -0.4 is 5.32 Å². The SMILES string of the molecule is CCOC(=O)C(C)(C)C(=O)NCC(C)(O)C(C)C. The molecule has 0 aliphatic heterocycles. The molecule has 0 aromatic rings. The highest BCUT2D eigenvalue weighted by molar-refractivity contribution is 6.01. The normalized spacial score (nSPS) is 15.1. The Balaban J connectivity index is 4.54. The molecule has 0 saturated heterocycles. The molecule has 0 saturated carbocycles. The zero-order chi connectivity index (χ0) is 14.6. The minimum absolute atomic E-state index is 0.00325. The molecule has 2 N–H and O–H groups in total. The number of amides is 1. The van der Waals surface area contributed by atoms with Gasteiger partial charge in [0.15, 0.2) is 0 Å². The van der Waals surface area contributed by atoms with Crippen molar-refractivity contribution < 1.29 is 19.4 Å². The zero-order valence-electron chi connectivity index (χ0n) is 12.2. The first kappa shape index (κ1) is 16.9. The third-order valence-electron chi connectivity index (χ3n) is 3.20. The van der Waals surface area contributed by atoms with Crippen LogP contribution in [0.25, 0.3) is 0 Å². The van der Waals surface area contributed by atoms with Crippen LogP contribution in [0.15, 0.2) is 0 Å². The first-order chi connectivity index (χ1) is 8.05. The Morgan fingerprint density at radius 2 is 1.78 bits per heavy atom. The van der Waals surface area contributed by atoms with Gasteiger partial charge in [0.2, 0.25) is 5.91 Å². The highest BCUT2D eigenvalue weighted by atomic mass is 16.5. The summed E-state index contributed by atoms with van der Waals surface area (Å²) >= 11 is 0. The minimum atomic E-state index is -1.25. The number of rotatable bonds is 6. The van der Waals surface area contributed by atoms with Gasteiger partial charge in [0.1, 0.15) is 5.41 Å². The van der Waals surface area contributed by atoms with E-state index in [0.717, 1.165) is 0 Å². The summed E-state index contributed by atoms with van der Waals surface area (Å²) in [5.74, 6) is -1.00. The monoisotopic (exact) mass is 259 g/mol. The largest absolute Gasteiger partial charge is 0.465 e. The lowest BCUT2D eigenvalue weighted by molar-refractivity contribution is -0.159. The molecule has 0 bridgehead atoms. The van der Waals surface area contributed by atoms with Crippen molar-refractivity contribution in [3.63, 3.8) is 0 Å². The van der Waals surface area contributed by atoms with Crippen LogP contribution in [0.2, 0.25) is 0 Å². The van der Waals surface area contributed by atoms with Crippen LogP contribution in [-0.4, -0.2) is 35.7 Å². The van der Waals surface area contributed by atoms with Crippen molar-refractivity contribution >= 4 is 11.9 Å². The number of carbonyl (C=O) groups is 2. The highest BCUT2D eigenvalue weighted by Gasteiger charge is 2.38. The van der Waals surface area contributed by atoms with Crippen molar-refractivity contribution in [3.8, 4) is 0 Å². The molecule has 0 fully saturated rings. The van der Waals surface area contributed by atoms with Crippen molar-refractivity contribution in [2.45, 2.75) is 47.1 Å². The Morgan fingerprint density at radius 3 is 2.17 bits per heavy atom. The molecule has 1 amide bonds. The molecule has 5 nitrogen and oxygen atoms in total. The van der Waals surface area contributed by atoms with E-state index < -0.39 is 22.9 Å².